The lowest BCUT2D eigenvalue weighted by molar-refractivity contribution is 0.276. The average molecular weight is 210 g/mol. The van der Waals surface area contributed by atoms with Crippen LogP contribution in [0.25, 0.3) is 0 Å². The van der Waals surface area contributed by atoms with Crippen LogP contribution >= 0.6 is 11.3 Å². The molecule has 0 saturated heterocycles. The van der Waals surface area contributed by atoms with Gasteiger partial charge in [0.25, 0.3) is 0 Å². The number of aromatic nitrogens is 4. The van der Waals surface area contributed by atoms with Crippen LogP contribution in [0, 0.1) is 6.92 Å². The molecule has 2 aromatic rings. The highest BCUT2D eigenvalue weighted by Crippen LogP contribution is 2.12. The fourth-order valence-corrected chi connectivity index (χ4v) is 1.91. The number of rotatable bonds is 3. The van der Waals surface area contributed by atoms with Gasteiger partial charge in [0.05, 0.1) is 24.4 Å². The highest BCUT2D eigenvalue weighted by atomic mass is 32.1. The van der Waals surface area contributed by atoms with Crippen molar-refractivity contribution in [3.63, 3.8) is 0 Å². The Kier molecular flexibility index (Phi) is 2.55. The maximum Gasteiger partial charge on any atom is 0.108 e. The second-order valence-electron chi connectivity index (χ2n) is 2.91. The second kappa shape index (κ2) is 3.85. The lowest BCUT2D eigenvalue weighted by atomic mass is 10.5. The molecule has 0 aliphatic rings. The van der Waals surface area contributed by atoms with Gasteiger partial charge in [0.1, 0.15) is 5.69 Å². The Balaban J connectivity index is 2.10. The Hall–Kier alpha value is -1.27. The third-order valence-corrected chi connectivity index (χ3v) is 2.63. The first kappa shape index (κ1) is 9.29. The quantitative estimate of drug-likeness (QED) is 0.805. The summed E-state index contributed by atoms with van der Waals surface area (Å²) in [5.41, 5.74) is 0.589. The van der Waals surface area contributed by atoms with Crippen LogP contribution in [0.4, 0.5) is 0 Å². The lowest BCUT2D eigenvalue weighted by Crippen LogP contribution is -1.98. The minimum atomic E-state index is -0.0677. The van der Waals surface area contributed by atoms with Gasteiger partial charge in [-0.3, -0.25) is 0 Å². The summed E-state index contributed by atoms with van der Waals surface area (Å²) in [4.78, 5) is 5.28. The average Bonchev–Trinajstić information content (AvgIpc) is 2.76. The number of aliphatic hydroxyl groups excluding tert-OH is 1. The van der Waals surface area contributed by atoms with Crippen LogP contribution in [0.2, 0.25) is 0 Å². The second-order valence-corrected chi connectivity index (χ2v) is 4.23. The van der Waals surface area contributed by atoms with Gasteiger partial charge in [0.15, 0.2) is 0 Å². The van der Waals surface area contributed by atoms with Crippen molar-refractivity contribution in [2.75, 3.05) is 0 Å². The topological polar surface area (TPSA) is 63.8 Å². The molecule has 0 amide bonds. The van der Waals surface area contributed by atoms with Crippen molar-refractivity contribution in [1.29, 1.82) is 0 Å². The number of nitrogens with zero attached hydrogens (tertiary/aromatic N) is 4. The first-order valence-corrected chi connectivity index (χ1v) is 5.01. The standard InChI is InChI=1S/C8H10N4OS/c1-6-9-2-8(14-6)4-12-3-7(5-13)10-11-12/h2-3,13H,4-5H2,1H3. The smallest absolute Gasteiger partial charge is 0.108 e. The monoisotopic (exact) mass is 210 g/mol. The van der Waals surface area contributed by atoms with Crippen LogP contribution in [-0.4, -0.2) is 25.1 Å². The molecule has 0 fully saturated rings. The molecule has 2 heterocycles. The zero-order chi connectivity index (χ0) is 9.97. The van der Waals surface area contributed by atoms with Crippen LogP contribution in [0.5, 0.6) is 0 Å². The number of aliphatic hydroxyl groups is 1. The summed E-state index contributed by atoms with van der Waals surface area (Å²) in [5, 5.41) is 17.5. The zero-order valence-electron chi connectivity index (χ0n) is 7.71. The maximum absolute atomic E-state index is 8.80. The van der Waals surface area contributed by atoms with Crippen molar-refractivity contribution >= 4 is 11.3 Å². The molecule has 0 aliphatic heterocycles. The predicted octanol–water partition coefficient (Wildman–Crippen LogP) is 0.584. The van der Waals surface area contributed by atoms with E-state index in [4.69, 9.17) is 5.11 Å². The minimum Gasteiger partial charge on any atom is -0.390 e. The fourth-order valence-electron chi connectivity index (χ4n) is 1.13. The van der Waals surface area contributed by atoms with Crippen molar-refractivity contribution in [1.82, 2.24) is 20.0 Å². The van der Waals surface area contributed by atoms with Gasteiger partial charge in [0.2, 0.25) is 0 Å². The number of hydrogen-bond acceptors (Lipinski definition) is 5. The Morgan fingerprint density at radius 2 is 2.43 bits per heavy atom. The summed E-state index contributed by atoms with van der Waals surface area (Å²) in [5.74, 6) is 0. The summed E-state index contributed by atoms with van der Waals surface area (Å²) >= 11 is 1.64. The molecule has 2 rings (SSSR count). The molecule has 0 saturated carbocycles. The third-order valence-electron chi connectivity index (χ3n) is 1.74. The number of aryl methyl sites for hydroxylation is 1. The van der Waals surface area contributed by atoms with E-state index < -0.39 is 0 Å². The summed E-state index contributed by atoms with van der Waals surface area (Å²) in [6, 6.07) is 0. The molecular weight excluding hydrogens is 200 g/mol. The van der Waals surface area contributed by atoms with E-state index in [0.29, 0.717) is 12.2 Å². The molecule has 0 aliphatic carbocycles. The predicted molar refractivity (Wildman–Crippen MR) is 51.9 cm³/mol. The lowest BCUT2D eigenvalue weighted by Gasteiger charge is -1.93. The Labute approximate surface area is 85.0 Å². The van der Waals surface area contributed by atoms with Gasteiger partial charge in [0, 0.05) is 11.1 Å². The summed E-state index contributed by atoms with van der Waals surface area (Å²) in [7, 11) is 0. The van der Waals surface area contributed by atoms with E-state index in [-0.39, 0.29) is 6.61 Å². The highest BCUT2D eigenvalue weighted by Gasteiger charge is 2.02. The van der Waals surface area contributed by atoms with E-state index in [1.54, 1.807) is 22.2 Å². The molecule has 0 spiro atoms. The molecule has 0 radical (unpaired) electrons. The Morgan fingerprint density at radius 3 is 3.00 bits per heavy atom. The molecule has 1 N–H and O–H groups in total. The van der Waals surface area contributed by atoms with E-state index in [0.717, 1.165) is 9.88 Å². The largest absolute Gasteiger partial charge is 0.390 e. The van der Waals surface area contributed by atoms with Gasteiger partial charge in [-0.2, -0.15) is 0 Å². The van der Waals surface area contributed by atoms with Crippen molar-refractivity contribution < 1.29 is 5.11 Å². The van der Waals surface area contributed by atoms with Gasteiger partial charge >= 0.3 is 0 Å². The van der Waals surface area contributed by atoms with Crippen LogP contribution in [0.1, 0.15) is 15.6 Å². The number of hydrogen-bond donors (Lipinski definition) is 1. The van der Waals surface area contributed by atoms with Gasteiger partial charge in [-0.05, 0) is 6.92 Å². The van der Waals surface area contributed by atoms with E-state index in [1.807, 2.05) is 13.1 Å². The van der Waals surface area contributed by atoms with E-state index in [9.17, 15) is 0 Å². The van der Waals surface area contributed by atoms with Crippen molar-refractivity contribution in [3.05, 3.63) is 28.0 Å². The molecular formula is C8H10N4OS. The van der Waals surface area contributed by atoms with E-state index >= 15 is 0 Å². The van der Waals surface area contributed by atoms with Gasteiger partial charge in [-0.15, -0.1) is 16.4 Å². The maximum atomic E-state index is 8.80. The fraction of sp³-hybridized carbons (Fsp3) is 0.375. The van der Waals surface area contributed by atoms with Crippen LogP contribution in [0.3, 0.4) is 0 Å². The highest BCUT2D eigenvalue weighted by molar-refractivity contribution is 7.11. The third kappa shape index (κ3) is 1.97. The molecule has 6 heteroatoms. The van der Waals surface area contributed by atoms with Gasteiger partial charge in [-0.1, -0.05) is 5.21 Å². The number of thiazole rings is 1. The van der Waals surface area contributed by atoms with Crippen molar-refractivity contribution in [3.8, 4) is 0 Å². The zero-order valence-corrected chi connectivity index (χ0v) is 8.53. The minimum absolute atomic E-state index is 0.0677. The first-order valence-electron chi connectivity index (χ1n) is 4.19. The normalized spacial score (nSPS) is 10.7. The SMILES string of the molecule is Cc1ncc(Cn2cc(CO)nn2)s1. The Morgan fingerprint density at radius 1 is 1.57 bits per heavy atom. The molecule has 0 unspecified atom stereocenters. The van der Waals surface area contributed by atoms with Crippen LogP contribution < -0.4 is 0 Å². The molecule has 5 nitrogen and oxygen atoms in total. The molecule has 0 atom stereocenters. The van der Waals surface area contributed by atoms with E-state index in [1.165, 1.54) is 0 Å². The molecule has 0 bridgehead atoms. The Bertz CT molecular complexity index is 422. The van der Waals surface area contributed by atoms with Crippen LogP contribution in [-0.2, 0) is 13.2 Å². The molecule has 0 aromatic carbocycles. The molecule has 14 heavy (non-hydrogen) atoms. The van der Waals surface area contributed by atoms with Crippen LogP contribution in [0.15, 0.2) is 12.4 Å². The molecule has 2 aromatic heterocycles. The van der Waals surface area contributed by atoms with Gasteiger partial charge < -0.3 is 5.11 Å². The summed E-state index contributed by atoms with van der Waals surface area (Å²) in [6.07, 6.45) is 3.56. The summed E-state index contributed by atoms with van der Waals surface area (Å²) in [6.45, 7) is 2.56. The summed E-state index contributed by atoms with van der Waals surface area (Å²) < 4.78 is 1.69. The first-order chi connectivity index (χ1) is 6.78. The molecule has 74 valence electrons. The van der Waals surface area contributed by atoms with Gasteiger partial charge in [-0.25, -0.2) is 9.67 Å². The van der Waals surface area contributed by atoms with Crippen molar-refractivity contribution in [2.45, 2.75) is 20.1 Å². The van der Waals surface area contributed by atoms with Crippen molar-refractivity contribution in [2.24, 2.45) is 0 Å². The van der Waals surface area contributed by atoms with E-state index in [2.05, 4.69) is 15.3 Å².